The van der Waals surface area contributed by atoms with E-state index in [9.17, 15) is 0 Å². The van der Waals surface area contributed by atoms with Crippen LogP contribution >= 0.6 is 0 Å². The van der Waals surface area contributed by atoms with Crippen molar-refractivity contribution in [3.63, 3.8) is 0 Å². The Balaban J connectivity index is 2.53. The SMILES string of the molecule is Cc1ccc(-c2c[c]ccc2)c(C)n1. The summed E-state index contributed by atoms with van der Waals surface area (Å²) in [6.45, 7) is 4.04. The maximum atomic E-state index is 4.44. The fraction of sp³-hybridized carbons (Fsp3) is 0.154. The van der Waals surface area contributed by atoms with Crippen LogP contribution in [0.15, 0.2) is 36.4 Å². The van der Waals surface area contributed by atoms with Gasteiger partial charge in [0.1, 0.15) is 0 Å². The van der Waals surface area contributed by atoms with E-state index in [1.807, 2.05) is 38.1 Å². The van der Waals surface area contributed by atoms with Crippen molar-refractivity contribution in [1.82, 2.24) is 4.98 Å². The van der Waals surface area contributed by atoms with E-state index in [1.54, 1.807) is 0 Å². The third-order valence-corrected chi connectivity index (χ3v) is 2.24. The van der Waals surface area contributed by atoms with Gasteiger partial charge < -0.3 is 0 Å². The Morgan fingerprint density at radius 3 is 2.64 bits per heavy atom. The van der Waals surface area contributed by atoms with Crippen LogP contribution in [0.2, 0.25) is 0 Å². The van der Waals surface area contributed by atoms with Crippen molar-refractivity contribution in [1.29, 1.82) is 0 Å². The smallest absolute Gasteiger partial charge is 0.0454 e. The van der Waals surface area contributed by atoms with Crippen LogP contribution in [-0.2, 0) is 0 Å². The second-order valence-corrected chi connectivity index (χ2v) is 3.38. The number of pyridine rings is 1. The number of nitrogens with zero attached hydrogens (tertiary/aromatic N) is 1. The number of hydrogen-bond donors (Lipinski definition) is 0. The van der Waals surface area contributed by atoms with E-state index < -0.39 is 0 Å². The van der Waals surface area contributed by atoms with Gasteiger partial charge in [-0.1, -0.05) is 24.3 Å². The number of hydrogen-bond acceptors (Lipinski definition) is 1. The van der Waals surface area contributed by atoms with Crippen LogP contribution in [0.4, 0.5) is 0 Å². The summed E-state index contributed by atoms with van der Waals surface area (Å²) in [5.41, 5.74) is 4.50. The highest BCUT2D eigenvalue weighted by Crippen LogP contribution is 2.21. The molecule has 2 rings (SSSR count). The van der Waals surface area contributed by atoms with E-state index in [0.717, 1.165) is 11.4 Å². The van der Waals surface area contributed by atoms with Gasteiger partial charge in [0.2, 0.25) is 0 Å². The zero-order valence-corrected chi connectivity index (χ0v) is 8.41. The molecule has 0 atom stereocenters. The molecule has 0 fully saturated rings. The number of aryl methyl sites for hydroxylation is 2. The molecule has 1 heterocycles. The van der Waals surface area contributed by atoms with E-state index in [2.05, 4.69) is 23.2 Å². The highest BCUT2D eigenvalue weighted by Gasteiger charge is 2.01. The Morgan fingerprint density at radius 2 is 2.00 bits per heavy atom. The van der Waals surface area contributed by atoms with Gasteiger partial charge in [-0.2, -0.15) is 0 Å². The van der Waals surface area contributed by atoms with E-state index in [0.29, 0.717) is 0 Å². The molecule has 0 saturated carbocycles. The summed E-state index contributed by atoms with van der Waals surface area (Å²) in [6, 6.07) is 15.2. The minimum Gasteiger partial charge on any atom is -0.258 e. The molecule has 0 amide bonds. The Bertz CT molecular complexity index is 432. The molecule has 1 aromatic carbocycles. The predicted octanol–water partition coefficient (Wildman–Crippen LogP) is 3.17. The topological polar surface area (TPSA) is 12.9 Å². The van der Waals surface area contributed by atoms with E-state index in [1.165, 1.54) is 11.1 Å². The summed E-state index contributed by atoms with van der Waals surface area (Å²) in [7, 11) is 0. The zero-order valence-electron chi connectivity index (χ0n) is 8.41. The summed E-state index contributed by atoms with van der Waals surface area (Å²) in [4.78, 5) is 4.44. The highest BCUT2D eigenvalue weighted by molar-refractivity contribution is 5.65. The Kier molecular flexibility index (Phi) is 2.32. The van der Waals surface area contributed by atoms with Crippen LogP contribution in [0.25, 0.3) is 11.1 Å². The quantitative estimate of drug-likeness (QED) is 0.660. The lowest BCUT2D eigenvalue weighted by molar-refractivity contribution is 1.13. The van der Waals surface area contributed by atoms with Gasteiger partial charge in [0, 0.05) is 17.0 Å². The monoisotopic (exact) mass is 182 g/mol. The molecule has 0 bridgehead atoms. The van der Waals surface area contributed by atoms with Crippen molar-refractivity contribution < 1.29 is 0 Å². The van der Waals surface area contributed by atoms with Gasteiger partial charge in [-0.3, -0.25) is 4.98 Å². The van der Waals surface area contributed by atoms with Crippen molar-refractivity contribution in [3.8, 4) is 11.1 Å². The van der Waals surface area contributed by atoms with Crippen molar-refractivity contribution in [2.75, 3.05) is 0 Å². The molecule has 0 unspecified atom stereocenters. The first-order valence-corrected chi connectivity index (χ1v) is 4.68. The fourth-order valence-electron chi connectivity index (χ4n) is 1.55. The maximum absolute atomic E-state index is 4.44. The first kappa shape index (κ1) is 8.95. The van der Waals surface area contributed by atoms with Crippen LogP contribution in [0, 0.1) is 19.9 Å². The average Bonchev–Trinajstić information content (AvgIpc) is 2.19. The third kappa shape index (κ3) is 1.67. The van der Waals surface area contributed by atoms with Crippen molar-refractivity contribution in [2.24, 2.45) is 0 Å². The molecule has 1 heteroatoms. The first-order chi connectivity index (χ1) is 6.77. The molecule has 0 spiro atoms. The predicted molar refractivity (Wildman–Crippen MR) is 58.0 cm³/mol. The van der Waals surface area contributed by atoms with Crippen LogP contribution < -0.4 is 0 Å². The van der Waals surface area contributed by atoms with Gasteiger partial charge >= 0.3 is 0 Å². The summed E-state index contributed by atoms with van der Waals surface area (Å²) < 4.78 is 0. The molecule has 0 saturated heterocycles. The Morgan fingerprint density at radius 1 is 1.14 bits per heavy atom. The van der Waals surface area contributed by atoms with E-state index in [4.69, 9.17) is 0 Å². The molecule has 0 N–H and O–H groups in total. The molecular weight excluding hydrogens is 170 g/mol. The third-order valence-electron chi connectivity index (χ3n) is 2.24. The van der Waals surface area contributed by atoms with Crippen LogP contribution in [-0.4, -0.2) is 4.98 Å². The Hall–Kier alpha value is -1.63. The minimum atomic E-state index is 1.06. The van der Waals surface area contributed by atoms with E-state index >= 15 is 0 Å². The van der Waals surface area contributed by atoms with Crippen LogP contribution in [0.1, 0.15) is 11.4 Å². The molecule has 14 heavy (non-hydrogen) atoms. The lowest BCUT2D eigenvalue weighted by Crippen LogP contribution is -1.89. The normalized spacial score (nSPS) is 10.1. The maximum Gasteiger partial charge on any atom is 0.0454 e. The summed E-state index contributed by atoms with van der Waals surface area (Å²) in [5, 5.41) is 0. The molecule has 0 aliphatic heterocycles. The van der Waals surface area contributed by atoms with Gasteiger partial charge in [-0.15, -0.1) is 0 Å². The molecule has 1 aromatic heterocycles. The summed E-state index contributed by atoms with van der Waals surface area (Å²) >= 11 is 0. The molecule has 1 nitrogen and oxygen atoms in total. The van der Waals surface area contributed by atoms with Crippen LogP contribution in [0.3, 0.4) is 0 Å². The molecule has 0 aliphatic carbocycles. The number of aromatic nitrogens is 1. The van der Waals surface area contributed by atoms with Crippen LogP contribution in [0.5, 0.6) is 0 Å². The van der Waals surface area contributed by atoms with Gasteiger partial charge in [0.25, 0.3) is 0 Å². The number of rotatable bonds is 1. The van der Waals surface area contributed by atoms with Crippen molar-refractivity contribution >= 4 is 0 Å². The number of benzene rings is 1. The zero-order chi connectivity index (χ0) is 9.97. The summed E-state index contributed by atoms with van der Waals surface area (Å²) in [6.07, 6.45) is 0. The van der Waals surface area contributed by atoms with Crippen molar-refractivity contribution in [3.05, 3.63) is 53.9 Å². The second-order valence-electron chi connectivity index (χ2n) is 3.38. The largest absolute Gasteiger partial charge is 0.258 e. The molecular formula is C13H12N. The van der Waals surface area contributed by atoms with Gasteiger partial charge in [-0.25, -0.2) is 0 Å². The Labute approximate surface area is 84.4 Å². The summed E-state index contributed by atoms with van der Waals surface area (Å²) in [5.74, 6) is 0. The fourth-order valence-corrected chi connectivity index (χ4v) is 1.55. The molecule has 2 aromatic rings. The molecule has 69 valence electrons. The lowest BCUT2D eigenvalue weighted by atomic mass is 10.0. The molecule has 0 aliphatic rings. The highest BCUT2D eigenvalue weighted by atomic mass is 14.7. The van der Waals surface area contributed by atoms with Gasteiger partial charge in [0.15, 0.2) is 0 Å². The average molecular weight is 182 g/mol. The van der Waals surface area contributed by atoms with E-state index in [-0.39, 0.29) is 0 Å². The lowest BCUT2D eigenvalue weighted by Gasteiger charge is -2.05. The molecule has 1 radical (unpaired) electrons. The minimum absolute atomic E-state index is 1.06. The van der Waals surface area contributed by atoms with Gasteiger partial charge in [0.05, 0.1) is 0 Å². The standard InChI is InChI=1S/C13H12N/c1-10-8-9-13(11(2)14-10)12-6-4-3-5-7-12/h3-4,6-9H,1-2H3. The van der Waals surface area contributed by atoms with Gasteiger partial charge in [-0.05, 0) is 37.6 Å². The van der Waals surface area contributed by atoms with Crippen molar-refractivity contribution in [2.45, 2.75) is 13.8 Å². The first-order valence-electron chi connectivity index (χ1n) is 4.68. The second kappa shape index (κ2) is 3.62.